The highest BCUT2D eigenvalue weighted by atomic mass is 19.1. The molecule has 1 atom stereocenters. The zero-order valence-electron chi connectivity index (χ0n) is 16.7. The quantitative estimate of drug-likeness (QED) is 0.638. The van der Waals surface area contributed by atoms with Crippen LogP contribution in [0.1, 0.15) is 43.3 Å². The van der Waals surface area contributed by atoms with E-state index in [4.69, 9.17) is 4.52 Å². The zero-order chi connectivity index (χ0) is 21.0. The van der Waals surface area contributed by atoms with Gasteiger partial charge in [-0.1, -0.05) is 29.4 Å². The van der Waals surface area contributed by atoms with Crippen molar-refractivity contribution in [3.8, 4) is 17.1 Å². The molecular formula is C22H24FN3O3. The van der Waals surface area contributed by atoms with Crippen LogP contribution in [-0.4, -0.2) is 32.6 Å². The van der Waals surface area contributed by atoms with Crippen LogP contribution in [0.2, 0.25) is 0 Å². The number of carbonyl (C=O) groups is 1. The molecule has 29 heavy (non-hydrogen) atoms. The molecule has 3 aromatic rings. The normalized spacial score (nSPS) is 12.0. The maximum atomic E-state index is 13.7. The van der Waals surface area contributed by atoms with Crippen LogP contribution in [0.4, 0.5) is 4.39 Å². The summed E-state index contributed by atoms with van der Waals surface area (Å²) in [6.07, 6.45) is 0.504. The summed E-state index contributed by atoms with van der Waals surface area (Å²) in [5.74, 6) is 0.416. The Hall–Kier alpha value is -3.22. The topological polar surface area (TPSA) is 79.5 Å². The standard InChI is InChI=1S/C22H24FN3O3/c1-4-26(15(3)16-6-5-7-18(27)12-16)21(28)11-10-20-24-22(25-29-20)17-9-8-14(2)19(23)13-17/h5-9,12-13,15,27H,4,10-11H2,1-3H3/t15-/m0/s1. The third-order valence-corrected chi connectivity index (χ3v) is 4.93. The largest absolute Gasteiger partial charge is 0.508 e. The first-order chi connectivity index (χ1) is 13.9. The molecule has 0 spiro atoms. The molecule has 1 amide bonds. The lowest BCUT2D eigenvalue weighted by Gasteiger charge is -2.28. The van der Waals surface area contributed by atoms with Gasteiger partial charge in [0.05, 0.1) is 6.04 Å². The molecule has 0 bridgehead atoms. The summed E-state index contributed by atoms with van der Waals surface area (Å²) in [7, 11) is 0. The van der Waals surface area contributed by atoms with Gasteiger partial charge in [0.25, 0.3) is 0 Å². The second kappa shape index (κ2) is 8.86. The third kappa shape index (κ3) is 4.80. The number of halogens is 1. The number of phenolic OH excluding ortho intramolecular Hbond substituents is 1. The first-order valence-corrected chi connectivity index (χ1v) is 9.56. The lowest BCUT2D eigenvalue weighted by molar-refractivity contribution is -0.133. The number of amides is 1. The highest BCUT2D eigenvalue weighted by molar-refractivity contribution is 5.76. The minimum atomic E-state index is -0.330. The van der Waals surface area contributed by atoms with E-state index in [9.17, 15) is 14.3 Å². The lowest BCUT2D eigenvalue weighted by atomic mass is 10.1. The Morgan fingerprint density at radius 1 is 1.28 bits per heavy atom. The molecule has 0 aliphatic carbocycles. The summed E-state index contributed by atoms with van der Waals surface area (Å²) in [6, 6.07) is 11.5. The number of phenols is 1. The van der Waals surface area contributed by atoms with Crippen molar-refractivity contribution in [1.29, 1.82) is 0 Å². The minimum absolute atomic E-state index is 0.0514. The van der Waals surface area contributed by atoms with Crippen molar-refractivity contribution in [2.75, 3.05) is 6.54 Å². The van der Waals surface area contributed by atoms with Gasteiger partial charge in [0.1, 0.15) is 11.6 Å². The zero-order valence-corrected chi connectivity index (χ0v) is 16.7. The van der Waals surface area contributed by atoms with Crippen molar-refractivity contribution in [2.24, 2.45) is 0 Å². The summed E-state index contributed by atoms with van der Waals surface area (Å²) in [6.45, 7) is 6.05. The van der Waals surface area contributed by atoms with Crippen LogP contribution in [0.5, 0.6) is 5.75 Å². The Kier molecular flexibility index (Phi) is 6.26. The maximum Gasteiger partial charge on any atom is 0.227 e. The van der Waals surface area contributed by atoms with Crippen molar-refractivity contribution >= 4 is 5.91 Å². The van der Waals surface area contributed by atoms with Crippen molar-refractivity contribution in [2.45, 2.75) is 39.7 Å². The molecule has 1 heterocycles. The number of aromatic hydroxyl groups is 1. The number of nitrogens with zero attached hydrogens (tertiary/aromatic N) is 3. The van der Waals surface area contributed by atoms with Gasteiger partial charge in [-0.25, -0.2) is 4.39 Å². The number of aromatic nitrogens is 2. The molecule has 0 aliphatic heterocycles. The molecule has 0 unspecified atom stereocenters. The molecule has 7 heteroatoms. The predicted molar refractivity (Wildman–Crippen MR) is 107 cm³/mol. The number of hydrogen-bond donors (Lipinski definition) is 1. The second-order valence-electron chi connectivity index (χ2n) is 6.93. The summed E-state index contributed by atoms with van der Waals surface area (Å²) in [4.78, 5) is 18.7. The van der Waals surface area contributed by atoms with E-state index >= 15 is 0 Å². The summed E-state index contributed by atoms with van der Waals surface area (Å²) >= 11 is 0. The first-order valence-electron chi connectivity index (χ1n) is 9.56. The van der Waals surface area contributed by atoms with Crippen LogP contribution in [0.25, 0.3) is 11.4 Å². The molecular weight excluding hydrogens is 373 g/mol. The monoisotopic (exact) mass is 397 g/mol. The number of hydrogen-bond acceptors (Lipinski definition) is 5. The van der Waals surface area contributed by atoms with E-state index in [0.29, 0.717) is 35.8 Å². The molecule has 152 valence electrons. The van der Waals surface area contributed by atoms with E-state index in [1.807, 2.05) is 19.9 Å². The Labute approximate surface area is 169 Å². The smallest absolute Gasteiger partial charge is 0.227 e. The van der Waals surface area contributed by atoms with Gasteiger partial charge in [-0.2, -0.15) is 4.98 Å². The van der Waals surface area contributed by atoms with Crippen LogP contribution in [0, 0.1) is 12.7 Å². The molecule has 1 aromatic heterocycles. The number of rotatable bonds is 7. The van der Waals surface area contributed by atoms with E-state index in [1.54, 1.807) is 42.2 Å². The summed E-state index contributed by atoms with van der Waals surface area (Å²) in [5, 5.41) is 13.6. The SMILES string of the molecule is CCN(C(=O)CCc1nc(-c2ccc(C)c(F)c2)no1)[C@@H](C)c1cccc(O)c1. The third-order valence-electron chi connectivity index (χ3n) is 4.93. The number of carbonyl (C=O) groups excluding carboxylic acids is 1. The van der Waals surface area contributed by atoms with Gasteiger partial charge < -0.3 is 14.5 Å². The molecule has 3 rings (SSSR count). The maximum absolute atomic E-state index is 13.7. The van der Waals surface area contributed by atoms with Crippen LogP contribution < -0.4 is 0 Å². The molecule has 0 aliphatic rings. The molecule has 0 saturated heterocycles. The number of benzene rings is 2. The average Bonchev–Trinajstić information content (AvgIpc) is 3.18. The fraction of sp³-hybridized carbons (Fsp3) is 0.318. The average molecular weight is 397 g/mol. The van der Waals surface area contributed by atoms with Gasteiger partial charge in [0, 0.05) is 24.9 Å². The fourth-order valence-corrected chi connectivity index (χ4v) is 3.19. The fourth-order valence-electron chi connectivity index (χ4n) is 3.19. The van der Waals surface area contributed by atoms with Crippen LogP contribution >= 0.6 is 0 Å². The Balaban J connectivity index is 1.65. The van der Waals surface area contributed by atoms with E-state index in [-0.39, 0.29) is 29.9 Å². The lowest BCUT2D eigenvalue weighted by Crippen LogP contribution is -2.33. The van der Waals surface area contributed by atoms with E-state index in [0.717, 1.165) is 5.56 Å². The molecule has 6 nitrogen and oxygen atoms in total. The van der Waals surface area contributed by atoms with Gasteiger partial charge in [-0.3, -0.25) is 4.79 Å². The Morgan fingerprint density at radius 2 is 2.07 bits per heavy atom. The minimum Gasteiger partial charge on any atom is -0.508 e. The van der Waals surface area contributed by atoms with Gasteiger partial charge in [-0.15, -0.1) is 0 Å². The second-order valence-corrected chi connectivity index (χ2v) is 6.93. The highest BCUT2D eigenvalue weighted by Crippen LogP contribution is 2.24. The molecule has 0 saturated carbocycles. The van der Waals surface area contributed by atoms with Gasteiger partial charge in [0.2, 0.25) is 17.6 Å². The molecule has 2 aromatic carbocycles. The van der Waals surface area contributed by atoms with Gasteiger partial charge in [0.15, 0.2) is 0 Å². The summed E-state index contributed by atoms with van der Waals surface area (Å²) < 4.78 is 19.0. The van der Waals surface area contributed by atoms with Crippen molar-refractivity contribution in [1.82, 2.24) is 15.0 Å². The van der Waals surface area contributed by atoms with E-state index < -0.39 is 0 Å². The number of aryl methyl sites for hydroxylation is 2. The van der Waals surface area contributed by atoms with Crippen LogP contribution in [-0.2, 0) is 11.2 Å². The van der Waals surface area contributed by atoms with Crippen LogP contribution in [0.15, 0.2) is 47.0 Å². The molecule has 0 fully saturated rings. The Morgan fingerprint density at radius 3 is 2.76 bits per heavy atom. The molecule has 1 N–H and O–H groups in total. The van der Waals surface area contributed by atoms with Crippen LogP contribution in [0.3, 0.4) is 0 Å². The van der Waals surface area contributed by atoms with Crippen molar-refractivity contribution in [3.63, 3.8) is 0 Å². The van der Waals surface area contributed by atoms with Gasteiger partial charge >= 0.3 is 0 Å². The highest BCUT2D eigenvalue weighted by Gasteiger charge is 2.21. The van der Waals surface area contributed by atoms with Crippen molar-refractivity contribution < 1.29 is 18.8 Å². The van der Waals surface area contributed by atoms with Gasteiger partial charge in [-0.05, 0) is 50.1 Å². The van der Waals surface area contributed by atoms with E-state index in [2.05, 4.69) is 10.1 Å². The summed E-state index contributed by atoms with van der Waals surface area (Å²) in [5.41, 5.74) is 1.94. The van der Waals surface area contributed by atoms with E-state index in [1.165, 1.54) is 6.07 Å². The Bertz CT molecular complexity index is 1000. The predicted octanol–water partition coefficient (Wildman–Crippen LogP) is 4.43. The molecule has 0 radical (unpaired) electrons. The first kappa shape index (κ1) is 20.5. The van der Waals surface area contributed by atoms with Crippen molar-refractivity contribution in [3.05, 3.63) is 65.3 Å².